The van der Waals surface area contributed by atoms with Gasteiger partial charge in [0.1, 0.15) is 12.7 Å². The Morgan fingerprint density at radius 2 is 2.10 bits per heavy atom. The molecule has 112 valence electrons. The van der Waals surface area contributed by atoms with E-state index in [0.29, 0.717) is 30.8 Å². The van der Waals surface area contributed by atoms with Gasteiger partial charge in [0.05, 0.1) is 6.10 Å². The Balaban J connectivity index is 1.93. The van der Waals surface area contributed by atoms with Gasteiger partial charge in [0, 0.05) is 20.1 Å². The number of nitrogens with one attached hydrogen (secondary N) is 1. The maximum atomic E-state index is 9.83. The van der Waals surface area contributed by atoms with Gasteiger partial charge in [-0.3, -0.25) is 0 Å². The van der Waals surface area contributed by atoms with Crippen LogP contribution in [0.1, 0.15) is 13.3 Å². The first-order chi connectivity index (χ1) is 10.2. The SMILES string of the molecule is CNc1nc(N2CCC(O)C(C)C2)nc(-n2cncn2)n1. The van der Waals surface area contributed by atoms with Gasteiger partial charge in [0.15, 0.2) is 0 Å². The lowest BCUT2D eigenvalue weighted by Gasteiger charge is -2.34. The molecule has 0 spiro atoms. The molecule has 1 saturated heterocycles. The molecule has 1 aliphatic rings. The summed E-state index contributed by atoms with van der Waals surface area (Å²) in [5.41, 5.74) is 0. The average molecular weight is 290 g/mol. The first kappa shape index (κ1) is 13.7. The Bertz CT molecular complexity index is 601. The van der Waals surface area contributed by atoms with Crippen LogP contribution in [0.2, 0.25) is 0 Å². The second kappa shape index (κ2) is 5.60. The summed E-state index contributed by atoms with van der Waals surface area (Å²) >= 11 is 0. The monoisotopic (exact) mass is 290 g/mol. The third-order valence-corrected chi connectivity index (χ3v) is 3.60. The molecule has 2 aromatic rings. The van der Waals surface area contributed by atoms with E-state index in [9.17, 15) is 5.11 Å². The van der Waals surface area contributed by atoms with E-state index in [4.69, 9.17) is 0 Å². The number of hydrogen-bond acceptors (Lipinski definition) is 8. The van der Waals surface area contributed by atoms with Crippen molar-refractivity contribution in [3.63, 3.8) is 0 Å². The average Bonchev–Trinajstić information content (AvgIpc) is 3.04. The van der Waals surface area contributed by atoms with Gasteiger partial charge in [-0.05, 0) is 12.3 Å². The fourth-order valence-corrected chi connectivity index (χ4v) is 2.34. The van der Waals surface area contributed by atoms with Crippen molar-refractivity contribution in [3.05, 3.63) is 12.7 Å². The molecule has 2 N–H and O–H groups in total. The van der Waals surface area contributed by atoms with Gasteiger partial charge in [-0.2, -0.15) is 24.7 Å². The van der Waals surface area contributed by atoms with Gasteiger partial charge in [-0.25, -0.2) is 4.98 Å². The van der Waals surface area contributed by atoms with Crippen LogP contribution in [0.25, 0.3) is 5.95 Å². The third kappa shape index (κ3) is 2.77. The molecule has 1 aliphatic heterocycles. The number of aliphatic hydroxyl groups is 1. The van der Waals surface area contributed by atoms with E-state index in [0.717, 1.165) is 6.54 Å². The molecule has 1 fully saturated rings. The van der Waals surface area contributed by atoms with E-state index in [1.165, 1.54) is 11.0 Å². The number of nitrogens with zero attached hydrogens (tertiary/aromatic N) is 7. The van der Waals surface area contributed by atoms with Crippen LogP contribution in [0.3, 0.4) is 0 Å². The molecule has 0 aromatic carbocycles. The zero-order valence-electron chi connectivity index (χ0n) is 12.0. The van der Waals surface area contributed by atoms with Crippen molar-refractivity contribution in [2.75, 3.05) is 30.4 Å². The van der Waals surface area contributed by atoms with E-state index < -0.39 is 0 Å². The Morgan fingerprint density at radius 1 is 1.29 bits per heavy atom. The van der Waals surface area contributed by atoms with Crippen molar-refractivity contribution < 1.29 is 5.11 Å². The summed E-state index contributed by atoms with van der Waals surface area (Å²) in [6.45, 7) is 3.45. The molecule has 2 unspecified atom stereocenters. The highest BCUT2D eigenvalue weighted by molar-refractivity contribution is 5.40. The van der Waals surface area contributed by atoms with Crippen LogP contribution in [0.5, 0.6) is 0 Å². The highest BCUT2D eigenvalue weighted by atomic mass is 16.3. The molecule has 0 aliphatic carbocycles. The lowest BCUT2D eigenvalue weighted by atomic mass is 9.97. The maximum Gasteiger partial charge on any atom is 0.258 e. The Kier molecular flexibility index (Phi) is 3.65. The summed E-state index contributed by atoms with van der Waals surface area (Å²) in [6.07, 6.45) is 3.42. The summed E-state index contributed by atoms with van der Waals surface area (Å²) < 4.78 is 1.49. The van der Waals surface area contributed by atoms with E-state index in [1.54, 1.807) is 13.4 Å². The maximum absolute atomic E-state index is 9.83. The van der Waals surface area contributed by atoms with Crippen LogP contribution in [0, 0.1) is 5.92 Å². The van der Waals surface area contributed by atoms with Crippen molar-refractivity contribution in [3.8, 4) is 5.95 Å². The number of anilines is 2. The van der Waals surface area contributed by atoms with Gasteiger partial charge in [-0.15, -0.1) is 0 Å². The molecule has 3 heterocycles. The van der Waals surface area contributed by atoms with E-state index in [2.05, 4.69) is 35.3 Å². The van der Waals surface area contributed by atoms with Crippen molar-refractivity contribution in [1.82, 2.24) is 29.7 Å². The standard InChI is InChI=1S/C12H18N8O/c1-8-5-19(4-3-9(8)21)11-16-10(13-2)17-12(18-11)20-7-14-6-15-20/h6-9,21H,3-5H2,1-2H3,(H,13,16,17,18). The molecule has 0 bridgehead atoms. The van der Waals surface area contributed by atoms with Crippen LogP contribution in [0.4, 0.5) is 11.9 Å². The lowest BCUT2D eigenvalue weighted by Crippen LogP contribution is -2.42. The second-order valence-electron chi connectivity index (χ2n) is 5.13. The number of aromatic nitrogens is 6. The number of rotatable bonds is 3. The Morgan fingerprint density at radius 3 is 2.76 bits per heavy atom. The predicted octanol–water partition coefficient (Wildman–Crippen LogP) is -0.299. The van der Waals surface area contributed by atoms with Gasteiger partial charge in [-0.1, -0.05) is 6.92 Å². The molecule has 9 heteroatoms. The largest absolute Gasteiger partial charge is 0.393 e. The van der Waals surface area contributed by atoms with Gasteiger partial charge in [0.2, 0.25) is 11.9 Å². The summed E-state index contributed by atoms with van der Waals surface area (Å²) in [7, 11) is 1.76. The lowest BCUT2D eigenvalue weighted by molar-refractivity contribution is 0.0966. The molecule has 21 heavy (non-hydrogen) atoms. The molecule has 0 radical (unpaired) electrons. The minimum Gasteiger partial charge on any atom is -0.393 e. The van der Waals surface area contributed by atoms with Crippen LogP contribution >= 0.6 is 0 Å². The minimum atomic E-state index is -0.262. The van der Waals surface area contributed by atoms with Gasteiger partial charge < -0.3 is 15.3 Å². The Hall–Kier alpha value is -2.29. The van der Waals surface area contributed by atoms with Crippen molar-refractivity contribution in [2.45, 2.75) is 19.4 Å². The molecular formula is C12H18N8O. The Labute approximate surface area is 122 Å². The van der Waals surface area contributed by atoms with Crippen LogP contribution in [-0.2, 0) is 0 Å². The van der Waals surface area contributed by atoms with Crippen molar-refractivity contribution >= 4 is 11.9 Å². The summed E-state index contributed by atoms with van der Waals surface area (Å²) in [6, 6.07) is 0. The number of piperidine rings is 1. The van der Waals surface area contributed by atoms with Gasteiger partial charge >= 0.3 is 0 Å². The summed E-state index contributed by atoms with van der Waals surface area (Å²) in [5.74, 6) is 1.66. The molecule has 9 nitrogen and oxygen atoms in total. The third-order valence-electron chi connectivity index (χ3n) is 3.60. The van der Waals surface area contributed by atoms with E-state index in [-0.39, 0.29) is 12.0 Å². The smallest absolute Gasteiger partial charge is 0.258 e. The zero-order valence-corrected chi connectivity index (χ0v) is 12.0. The molecular weight excluding hydrogens is 272 g/mol. The fraction of sp³-hybridized carbons (Fsp3) is 0.583. The number of aliphatic hydroxyl groups excluding tert-OH is 1. The van der Waals surface area contributed by atoms with Crippen molar-refractivity contribution in [1.29, 1.82) is 0 Å². The minimum absolute atomic E-state index is 0.184. The van der Waals surface area contributed by atoms with E-state index >= 15 is 0 Å². The first-order valence-electron chi connectivity index (χ1n) is 6.89. The van der Waals surface area contributed by atoms with Gasteiger partial charge in [0.25, 0.3) is 5.95 Å². The molecule has 2 atom stereocenters. The summed E-state index contributed by atoms with van der Waals surface area (Å²) in [5, 5.41) is 16.8. The van der Waals surface area contributed by atoms with Crippen molar-refractivity contribution in [2.24, 2.45) is 5.92 Å². The first-order valence-corrected chi connectivity index (χ1v) is 6.89. The second-order valence-corrected chi connectivity index (χ2v) is 5.13. The molecule has 0 amide bonds. The predicted molar refractivity (Wildman–Crippen MR) is 76.3 cm³/mol. The zero-order chi connectivity index (χ0) is 14.8. The van der Waals surface area contributed by atoms with Crippen LogP contribution in [0.15, 0.2) is 12.7 Å². The van der Waals surface area contributed by atoms with Crippen LogP contribution < -0.4 is 10.2 Å². The molecule has 3 rings (SSSR count). The highest BCUT2D eigenvalue weighted by Crippen LogP contribution is 2.21. The number of hydrogen-bond donors (Lipinski definition) is 2. The topological polar surface area (TPSA) is 105 Å². The highest BCUT2D eigenvalue weighted by Gasteiger charge is 2.26. The molecule has 0 saturated carbocycles. The quantitative estimate of drug-likeness (QED) is 0.794. The normalized spacial score (nSPS) is 22.3. The summed E-state index contributed by atoms with van der Waals surface area (Å²) in [4.78, 5) is 19.1. The van der Waals surface area contributed by atoms with E-state index in [1.807, 2.05) is 6.92 Å². The fourth-order valence-electron chi connectivity index (χ4n) is 2.34. The molecule has 2 aromatic heterocycles. The van der Waals surface area contributed by atoms with Crippen LogP contribution in [-0.4, -0.2) is 61.1 Å².